The molecule has 0 saturated carbocycles. The van der Waals surface area contributed by atoms with Gasteiger partial charge in [-0.25, -0.2) is 4.98 Å². The summed E-state index contributed by atoms with van der Waals surface area (Å²) in [4.78, 5) is 24.7. The molecule has 1 aliphatic rings. The highest BCUT2D eigenvalue weighted by Gasteiger charge is 2.15. The van der Waals surface area contributed by atoms with Crippen molar-refractivity contribution >= 4 is 28.0 Å². The highest BCUT2D eigenvalue weighted by atomic mass is 16.1. The first kappa shape index (κ1) is 18.4. The van der Waals surface area contributed by atoms with E-state index in [4.69, 9.17) is 4.98 Å². The Labute approximate surface area is 173 Å². The monoisotopic (exact) mass is 401 g/mol. The van der Waals surface area contributed by atoms with Crippen molar-refractivity contribution in [1.82, 2.24) is 25.1 Å². The van der Waals surface area contributed by atoms with Crippen LogP contribution in [0.5, 0.6) is 0 Å². The van der Waals surface area contributed by atoms with Gasteiger partial charge in [0, 0.05) is 55.5 Å². The van der Waals surface area contributed by atoms with Crippen LogP contribution in [0.15, 0.2) is 59.8 Å². The Morgan fingerprint density at radius 1 is 1.07 bits per heavy atom. The maximum atomic E-state index is 12.5. The molecular weight excluding hydrogens is 378 g/mol. The van der Waals surface area contributed by atoms with Gasteiger partial charge >= 0.3 is 0 Å². The molecule has 0 spiro atoms. The Morgan fingerprint density at radius 3 is 2.60 bits per heavy atom. The number of rotatable bonds is 4. The quantitative estimate of drug-likeness (QED) is 0.487. The fourth-order valence-electron chi connectivity index (χ4n) is 3.80. The number of pyridine rings is 2. The number of nitrogens with zero attached hydrogens (tertiary/aromatic N) is 4. The molecule has 3 N–H and O–H groups in total. The molecule has 3 aromatic heterocycles. The molecule has 0 bridgehead atoms. The van der Waals surface area contributed by atoms with E-state index in [1.807, 2.05) is 24.3 Å². The van der Waals surface area contributed by atoms with Crippen LogP contribution in [0.3, 0.4) is 0 Å². The zero-order valence-electron chi connectivity index (χ0n) is 16.7. The molecule has 0 atom stereocenters. The third kappa shape index (κ3) is 3.53. The van der Waals surface area contributed by atoms with Gasteiger partial charge in [0.1, 0.15) is 5.82 Å². The minimum atomic E-state index is -0.171. The molecule has 1 aromatic carbocycles. The summed E-state index contributed by atoms with van der Waals surface area (Å²) in [6.45, 7) is 4.19. The predicted molar refractivity (Wildman–Crippen MR) is 119 cm³/mol. The second kappa shape index (κ2) is 7.64. The summed E-state index contributed by atoms with van der Waals surface area (Å²) < 4.78 is 0. The van der Waals surface area contributed by atoms with Crippen LogP contribution in [0.1, 0.15) is 0 Å². The number of aromatic nitrogens is 4. The number of likely N-dealkylation sites (N-methyl/N-ethyl adjacent to an activating group) is 1. The average Bonchev–Trinajstić information content (AvgIpc) is 3.30. The Bertz CT molecular complexity index is 1210. The number of H-pyrrole nitrogens is 2. The first-order valence-corrected chi connectivity index (χ1v) is 9.99. The second-order valence-electron chi connectivity index (χ2n) is 7.58. The van der Waals surface area contributed by atoms with E-state index in [1.165, 1.54) is 5.69 Å². The van der Waals surface area contributed by atoms with E-state index in [-0.39, 0.29) is 5.56 Å². The van der Waals surface area contributed by atoms with E-state index >= 15 is 0 Å². The van der Waals surface area contributed by atoms with Gasteiger partial charge in [0.25, 0.3) is 5.56 Å². The summed E-state index contributed by atoms with van der Waals surface area (Å²) in [5.74, 6) is 0.526. The van der Waals surface area contributed by atoms with Crippen LogP contribution < -0.4 is 15.8 Å². The molecular formula is C22H23N7O. The van der Waals surface area contributed by atoms with Gasteiger partial charge in [-0.05, 0) is 48.8 Å². The van der Waals surface area contributed by atoms with E-state index in [0.29, 0.717) is 11.2 Å². The number of hydrogen-bond acceptors (Lipinski definition) is 6. The summed E-state index contributed by atoms with van der Waals surface area (Å²) >= 11 is 0. The number of benzene rings is 1. The van der Waals surface area contributed by atoms with Gasteiger partial charge in [-0.2, -0.15) is 5.10 Å². The third-order valence-electron chi connectivity index (χ3n) is 5.55. The van der Waals surface area contributed by atoms with Crippen molar-refractivity contribution in [3.05, 3.63) is 65.3 Å². The Kier molecular flexibility index (Phi) is 4.68. The molecule has 8 heteroatoms. The van der Waals surface area contributed by atoms with Crippen LogP contribution >= 0.6 is 0 Å². The smallest absolute Gasteiger partial charge is 0.259 e. The normalized spacial score (nSPS) is 14.9. The van der Waals surface area contributed by atoms with Gasteiger partial charge in [0.2, 0.25) is 0 Å². The van der Waals surface area contributed by atoms with Crippen molar-refractivity contribution in [3.63, 3.8) is 0 Å². The standard InChI is InChI=1S/C22H23N7O/c1-28-8-10-29(11-9-28)18-4-2-17(3-5-18)26-21-20-15(6-7-23-22(20)30)12-19(27-21)16-13-24-25-14-16/h2-7,12-14H,8-11H2,1H3,(H,23,30)(H,24,25)(H,26,27). The molecule has 30 heavy (non-hydrogen) atoms. The number of hydrogen-bond donors (Lipinski definition) is 3. The van der Waals surface area contributed by atoms with Crippen molar-refractivity contribution in [3.8, 4) is 11.3 Å². The van der Waals surface area contributed by atoms with Crippen molar-refractivity contribution in [2.24, 2.45) is 0 Å². The zero-order valence-corrected chi connectivity index (χ0v) is 16.7. The number of nitrogens with one attached hydrogen (secondary N) is 3. The number of anilines is 3. The molecule has 0 unspecified atom stereocenters. The highest BCUT2D eigenvalue weighted by Crippen LogP contribution is 2.28. The molecule has 152 valence electrons. The minimum Gasteiger partial charge on any atom is -0.369 e. The van der Waals surface area contributed by atoms with Gasteiger partial charge in [-0.3, -0.25) is 9.89 Å². The second-order valence-corrected chi connectivity index (χ2v) is 7.58. The van der Waals surface area contributed by atoms with E-state index in [9.17, 15) is 4.79 Å². The summed E-state index contributed by atoms with van der Waals surface area (Å²) in [6, 6.07) is 12.1. The number of piperazine rings is 1. The molecule has 0 aliphatic carbocycles. The SMILES string of the molecule is CN1CCN(c2ccc(Nc3nc(-c4cn[nH]c4)cc4cc[nH]c(=O)c34)cc2)CC1. The number of aromatic amines is 2. The molecule has 0 amide bonds. The Hall–Kier alpha value is -3.65. The molecule has 8 nitrogen and oxygen atoms in total. The van der Waals surface area contributed by atoms with E-state index in [2.05, 4.69) is 49.5 Å². The lowest BCUT2D eigenvalue weighted by molar-refractivity contribution is 0.313. The van der Waals surface area contributed by atoms with Crippen LogP contribution in [-0.2, 0) is 0 Å². The molecule has 4 aromatic rings. The summed E-state index contributed by atoms with van der Waals surface area (Å²) in [7, 11) is 2.15. The van der Waals surface area contributed by atoms with Gasteiger partial charge in [0.05, 0.1) is 17.3 Å². The van der Waals surface area contributed by atoms with Crippen LogP contribution in [0, 0.1) is 0 Å². The molecule has 5 rings (SSSR count). The van der Waals surface area contributed by atoms with Crippen molar-refractivity contribution in [1.29, 1.82) is 0 Å². The van der Waals surface area contributed by atoms with Gasteiger partial charge in [-0.1, -0.05) is 0 Å². The summed E-state index contributed by atoms with van der Waals surface area (Å²) in [6.07, 6.45) is 5.16. The van der Waals surface area contributed by atoms with Crippen molar-refractivity contribution in [2.75, 3.05) is 43.4 Å². The number of fused-ring (bicyclic) bond motifs is 1. The fourth-order valence-corrected chi connectivity index (χ4v) is 3.80. The van der Waals surface area contributed by atoms with Crippen LogP contribution in [0.2, 0.25) is 0 Å². The van der Waals surface area contributed by atoms with Crippen LogP contribution in [-0.4, -0.2) is 58.3 Å². The molecule has 1 saturated heterocycles. The maximum Gasteiger partial charge on any atom is 0.259 e. The van der Waals surface area contributed by atoms with E-state index in [0.717, 1.165) is 48.5 Å². The lowest BCUT2D eigenvalue weighted by atomic mass is 10.1. The van der Waals surface area contributed by atoms with Gasteiger partial charge in [-0.15, -0.1) is 0 Å². The van der Waals surface area contributed by atoms with Crippen molar-refractivity contribution < 1.29 is 0 Å². The largest absolute Gasteiger partial charge is 0.369 e. The molecule has 4 heterocycles. The van der Waals surface area contributed by atoms with Gasteiger partial charge in [0.15, 0.2) is 0 Å². The molecule has 1 aliphatic heterocycles. The van der Waals surface area contributed by atoms with Crippen molar-refractivity contribution in [2.45, 2.75) is 0 Å². The predicted octanol–water partition coefficient (Wildman–Crippen LogP) is 2.81. The Morgan fingerprint density at radius 2 is 1.87 bits per heavy atom. The average molecular weight is 401 g/mol. The summed E-state index contributed by atoms with van der Waals surface area (Å²) in [5.41, 5.74) is 3.53. The lowest BCUT2D eigenvalue weighted by Crippen LogP contribution is -2.44. The summed E-state index contributed by atoms with van der Waals surface area (Å²) in [5, 5.41) is 11.5. The van der Waals surface area contributed by atoms with Gasteiger partial charge < -0.3 is 20.1 Å². The maximum absolute atomic E-state index is 12.5. The first-order chi connectivity index (χ1) is 14.7. The lowest BCUT2D eigenvalue weighted by Gasteiger charge is -2.34. The molecule has 1 fully saturated rings. The zero-order chi connectivity index (χ0) is 20.5. The third-order valence-corrected chi connectivity index (χ3v) is 5.55. The van der Waals surface area contributed by atoms with Crippen LogP contribution in [0.4, 0.5) is 17.2 Å². The topological polar surface area (TPSA) is 92.9 Å². The first-order valence-electron chi connectivity index (χ1n) is 9.99. The minimum absolute atomic E-state index is 0.171. The molecule has 0 radical (unpaired) electrons. The van der Waals surface area contributed by atoms with E-state index in [1.54, 1.807) is 18.6 Å². The Balaban J connectivity index is 1.48. The highest BCUT2D eigenvalue weighted by molar-refractivity contribution is 5.95. The van der Waals surface area contributed by atoms with Crippen LogP contribution in [0.25, 0.3) is 22.0 Å². The fraction of sp³-hybridized carbons (Fsp3) is 0.227. The van der Waals surface area contributed by atoms with E-state index < -0.39 is 0 Å².